The fourth-order valence-electron chi connectivity index (χ4n) is 1.75. The van der Waals surface area contributed by atoms with Crippen molar-refractivity contribution in [3.63, 3.8) is 0 Å². The molecule has 0 saturated heterocycles. The van der Waals surface area contributed by atoms with Gasteiger partial charge in [-0.2, -0.15) is 0 Å². The molecule has 0 N–H and O–H groups in total. The maximum absolute atomic E-state index is 11.6. The molecule has 1 aromatic carbocycles. The molecule has 0 fully saturated rings. The molecule has 0 amide bonds. The molecule has 0 aliphatic heterocycles. The van der Waals surface area contributed by atoms with Gasteiger partial charge >= 0.3 is 5.69 Å². The van der Waals surface area contributed by atoms with Crippen molar-refractivity contribution in [3.05, 3.63) is 33.7 Å². The Kier molecular flexibility index (Phi) is 1.77. The molecule has 3 nitrogen and oxygen atoms in total. The van der Waals surface area contributed by atoms with E-state index in [1.54, 1.807) is 23.2 Å². The second-order valence-corrected chi connectivity index (χ2v) is 3.83. The molecule has 2 aromatic rings. The molecule has 0 bridgehead atoms. The minimum Gasteiger partial charge on any atom is -0.295 e. The van der Waals surface area contributed by atoms with Crippen LogP contribution >= 0.6 is 0 Å². The van der Waals surface area contributed by atoms with Crippen LogP contribution in [0.25, 0.3) is 11.0 Å². The van der Waals surface area contributed by atoms with E-state index in [9.17, 15) is 4.79 Å². The van der Waals surface area contributed by atoms with Crippen molar-refractivity contribution < 1.29 is 0 Å². The van der Waals surface area contributed by atoms with Crippen LogP contribution < -0.4 is 5.69 Å². The molecule has 0 aliphatic rings. The first-order valence-electron chi connectivity index (χ1n) is 4.65. The number of nitrogens with zero attached hydrogens (tertiary/aromatic N) is 2. The molecule has 1 aromatic heterocycles. The number of imidazole rings is 1. The second-order valence-electron chi connectivity index (χ2n) is 3.83. The number of rotatable bonds is 0. The highest BCUT2D eigenvalue weighted by Gasteiger charge is 2.08. The van der Waals surface area contributed by atoms with Gasteiger partial charge in [0.05, 0.1) is 11.0 Å². The fraction of sp³-hybridized carbons (Fsp3) is 0.364. The van der Waals surface area contributed by atoms with Crippen LogP contribution in [0.2, 0.25) is 0 Å². The smallest absolute Gasteiger partial charge is 0.295 e. The van der Waals surface area contributed by atoms with E-state index in [4.69, 9.17) is 0 Å². The summed E-state index contributed by atoms with van der Waals surface area (Å²) in [7, 11) is 3.61. The van der Waals surface area contributed by atoms with Crippen LogP contribution in [-0.4, -0.2) is 9.13 Å². The van der Waals surface area contributed by atoms with Crippen molar-refractivity contribution in [2.45, 2.75) is 13.8 Å². The summed E-state index contributed by atoms with van der Waals surface area (Å²) in [5, 5.41) is 0. The van der Waals surface area contributed by atoms with Crippen LogP contribution in [0.15, 0.2) is 16.9 Å². The maximum atomic E-state index is 11.6. The van der Waals surface area contributed by atoms with Crippen molar-refractivity contribution >= 4 is 11.0 Å². The largest absolute Gasteiger partial charge is 0.328 e. The molecule has 0 aliphatic carbocycles. The summed E-state index contributed by atoms with van der Waals surface area (Å²) in [6, 6.07) is 4.12. The molecule has 3 heteroatoms. The number of hydrogen-bond acceptors (Lipinski definition) is 1. The van der Waals surface area contributed by atoms with E-state index in [2.05, 4.69) is 26.0 Å². The maximum Gasteiger partial charge on any atom is 0.328 e. The first kappa shape index (κ1) is 9.06. The van der Waals surface area contributed by atoms with Gasteiger partial charge in [-0.1, -0.05) is 0 Å². The molecule has 0 spiro atoms. The van der Waals surface area contributed by atoms with Crippen LogP contribution in [0.5, 0.6) is 0 Å². The minimum atomic E-state index is 0.0324. The van der Waals surface area contributed by atoms with Crippen LogP contribution in [0.4, 0.5) is 0 Å². The monoisotopic (exact) mass is 190 g/mol. The predicted molar refractivity (Wildman–Crippen MR) is 57.6 cm³/mol. The summed E-state index contributed by atoms with van der Waals surface area (Å²) in [5.41, 5.74) is 4.48. The van der Waals surface area contributed by atoms with Crippen molar-refractivity contribution in [1.29, 1.82) is 0 Å². The fourth-order valence-corrected chi connectivity index (χ4v) is 1.75. The summed E-state index contributed by atoms with van der Waals surface area (Å²) in [5.74, 6) is 0. The van der Waals surface area contributed by atoms with E-state index < -0.39 is 0 Å². The standard InChI is InChI=1S/C11H14N2O/c1-7-5-9-10(6-8(7)2)13(4)11(14)12(9)3/h5-6H,1-4H3. The summed E-state index contributed by atoms with van der Waals surface area (Å²) < 4.78 is 3.36. The van der Waals surface area contributed by atoms with Gasteiger partial charge in [0, 0.05) is 14.1 Å². The van der Waals surface area contributed by atoms with E-state index in [1.165, 1.54) is 11.1 Å². The van der Waals surface area contributed by atoms with Gasteiger partial charge in [0.1, 0.15) is 0 Å². The normalized spacial score (nSPS) is 11.1. The molecule has 0 radical (unpaired) electrons. The van der Waals surface area contributed by atoms with Gasteiger partial charge in [-0.25, -0.2) is 4.79 Å². The van der Waals surface area contributed by atoms with Gasteiger partial charge in [0.2, 0.25) is 0 Å². The number of benzene rings is 1. The van der Waals surface area contributed by atoms with E-state index in [0.717, 1.165) is 11.0 Å². The highest BCUT2D eigenvalue weighted by atomic mass is 16.1. The second kappa shape index (κ2) is 2.74. The van der Waals surface area contributed by atoms with Gasteiger partial charge in [0.15, 0.2) is 0 Å². The van der Waals surface area contributed by atoms with E-state index >= 15 is 0 Å². The van der Waals surface area contributed by atoms with Gasteiger partial charge in [0.25, 0.3) is 0 Å². The topological polar surface area (TPSA) is 26.9 Å². The first-order valence-corrected chi connectivity index (χ1v) is 4.65. The van der Waals surface area contributed by atoms with Crippen LogP contribution in [-0.2, 0) is 14.1 Å². The third-order valence-corrected chi connectivity index (χ3v) is 2.89. The summed E-state index contributed by atoms with van der Waals surface area (Å²) >= 11 is 0. The lowest BCUT2D eigenvalue weighted by Gasteiger charge is -2.01. The Hall–Kier alpha value is -1.51. The third-order valence-electron chi connectivity index (χ3n) is 2.89. The lowest BCUT2D eigenvalue weighted by Crippen LogP contribution is -2.19. The van der Waals surface area contributed by atoms with Gasteiger partial charge in [-0.15, -0.1) is 0 Å². The van der Waals surface area contributed by atoms with Crippen LogP contribution in [0, 0.1) is 13.8 Å². The van der Waals surface area contributed by atoms with Crippen molar-refractivity contribution in [2.24, 2.45) is 14.1 Å². The number of aryl methyl sites for hydroxylation is 4. The van der Waals surface area contributed by atoms with Crippen molar-refractivity contribution in [3.8, 4) is 0 Å². The zero-order chi connectivity index (χ0) is 10.5. The number of aromatic nitrogens is 2. The summed E-state index contributed by atoms with van der Waals surface area (Å²) in [4.78, 5) is 11.6. The van der Waals surface area contributed by atoms with Crippen molar-refractivity contribution in [1.82, 2.24) is 9.13 Å². The number of hydrogen-bond donors (Lipinski definition) is 0. The van der Waals surface area contributed by atoms with Crippen molar-refractivity contribution in [2.75, 3.05) is 0 Å². The Morgan fingerprint density at radius 1 is 0.929 bits per heavy atom. The molecular formula is C11H14N2O. The van der Waals surface area contributed by atoms with Gasteiger partial charge < -0.3 is 0 Å². The zero-order valence-electron chi connectivity index (χ0n) is 8.96. The van der Waals surface area contributed by atoms with E-state index in [0.29, 0.717) is 0 Å². The predicted octanol–water partition coefficient (Wildman–Crippen LogP) is 1.49. The lowest BCUT2D eigenvalue weighted by molar-refractivity contribution is 0.795. The summed E-state index contributed by atoms with van der Waals surface area (Å²) in [6.45, 7) is 4.12. The highest BCUT2D eigenvalue weighted by Crippen LogP contribution is 2.17. The molecule has 74 valence electrons. The van der Waals surface area contributed by atoms with Gasteiger partial charge in [-0.3, -0.25) is 9.13 Å². The van der Waals surface area contributed by atoms with Crippen LogP contribution in [0.3, 0.4) is 0 Å². The van der Waals surface area contributed by atoms with E-state index in [1.807, 2.05) is 0 Å². The Morgan fingerprint density at radius 3 is 1.64 bits per heavy atom. The number of fused-ring (bicyclic) bond motifs is 1. The molecule has 0 saturated carbocycles. The average molecular weight is 190 g/mol. The Balaban J connectivity index is 3.04. The molecule has 0 atom stereocenters. The highest BCUT2D eigenvalue weighted by molar-refractivity contribution is 5.77. The third kappa shape index (κ3) is 1.02. The molecule has 0 unspecified atom stereocenters. The minimum absolute atomic E-state index is 0.0324. The lowest BCUT2D eigenvalue weighted by atomic mass is 10.1. The molecule has 1 heterocycles. The Labute approximate surface area is 82.6 Å². The molecule has 14 heavy (non-hydrogen) atoms. The Bertz CT molecular complexity index is 513. The Morgan fingerprint density at radius 2 is 1.29 bits per heavy atom. The molecule has 2 rings (SSSR count). The van der Waals surface area contributed by atoms with E-state index in [-0.39, 0.29) is 5.69 Å². The summed E-state index contributed by atoms with van der Waals surface area (Å²) in [6.07, 6.45) is 0. The zero-order valence-corrected chi connectivity index (χ0v) is 8.96. The average Bonchev–Trinajstić information content (AvgIpc) is 2.34. The molecular weight excluding hydrogens is 176 g/mol. The van der Waals surface area contributed by atoms with Crippen LogP contribution in [0.1, 0.15) is 11.1 Å². The quantitative estimate of drug-likeness (QED) is 0.618. The van der Waals surface area contributed by atoms with Gasteiger partial charge in [-0.05, 0) is 37.1 Å². The first-order chi connectivity index (χ1) is 6.52. The SMILES string of the molecule is Cc1cc2c(cc1C)n(C)c(=O)n2C.